The third-order valence-electron chi connectivity index (χ3n) is 2.68. The normalized spacial score (nSPS) is 11.9. The summed E-state index contributed by atoms with van der Waals surface area (Å²) in [5, 5.41) is 3.40. The van der Waals surface area contributed by atoms with E-state index in [-0.39, 0.29) is 5.41 Å². The highest BCUT2D eigenvalue weighted by molar-refractivity contribution is 9.10. The van der Waals surface area contributed by atoms with Gasteiger partial charge < -0.3 is 10.1 Å². The average Bonchev–Trinajstić information content (AvgIpc) is 2.27. The molecular weight excluding hydrogens is 304 g/mol. The molecule has 1 heterocycles. The van der Waals surface area contributed by atoms with Crippen molar-refractivity contribution in [2.45, 2.75) is 53.6 Å². The second-order valence-corrected chi connectivity index (χ2v) is 7.23. The summed E-state index contributed by atoms with van der Waals surface area (Å²) in [4.78, 5) is 4.37. The lowest BCUT2D eigenvalue weighted by Crippen LogP contribution is -2.22. The van der Waals surface area contributed by atoms with Gasteiger partial charge in [-0.1, -0.05) is 34.6 Å². The first kappa shape index (κ1) is 16.4. The Morgan fingerprint density at radius 3 is 2.63 bits per heavy atom. The number of rotatable bonds is 6. The van der Waals surface area contributed by atoms with E-state index in [0.29, 0.717) is 12.6 Å². The van der Waals surface area contributed by atoms with Crippen molar-refractivity contribution in [1.82, 2.24) is 10.3 Å². The Balaban J connectivity index is 2.65. The van der Waals surface area contributed by atoms with E-state index in [1.54, 1.807) is 6.20 Å². The van der Waals surface area contributed by atoms with Crippen molar-refractivity contribution in [3.63, 3.8) is 0 Å². The fourth-order valence-electron chi connectivity index (χ4n) is 1.49. The van der Waals surface area contributed by atoms with Crippen LogP contribution < -0.4 is 10.1 Å². The van der Waals surface area contributed by atoms with Crippen molar-refractivity contribution in [1.29, 1.82) is 0 Å². The van der Waals surface area contributed by atoms with E-state index in [1.165, 1.54) is 0 Å². The number of nitrogens with one attached hydrogen (secondary N) is 1. The van der Waals surface area contributed by atoms with Crippen LogP contribution in [-0.2, 0) is 6.54 Å². The Hall–Kier alpha value is -0.610. The minimum Gasteiger partial charge on any atom is -0.477 e. The van der Waals surface area contributed by atoms with Crippen LogP contribution in [0.2, 0.25) is 0 Å². The number of pyridine rings is 1. The molecule has 1 N–H and O–H groups in total. The molecule has 0 aliphatic carbocycles. The SMILES string of the molecule is CC(C)NCc1cc(Br)cnc1OCCC(C)(C)C. The molecule has 3 nitrogen and oxygen atoms in total. The Kier molecular flexibility index (Phi) is 6.27. The summed E-state index contributed by atoms with van der Waals surface area (Å²) in [6, 6.07) is 2.51. The van der Waals surface area contributed by atoms with Crippen LogP contribution >= 0.6 is 15.9 Å². The zero-order valence-corrected chi connectivity index (χ0v) is 14.2. The minimum absolute atomic E-state index is 0.283. The average molecular weight is 329 g/mol. The van der Waals surface area contributed by atoms with Gasteiger partial charge in [-0.15, -0.1) is 0 Å². The number of ether oxygens (including phenoxy) is 1. The van der Waals surface area contributed by atoms with Crippen molar-refractivity contribution < 1.29 is 4.74 Å². The Bertz CT molecular complexity index is 400. The van der Waals surface area contributed by atoms with Crippen molar-refractivity contribution >= 4 is 15.9 Å². The Morgan fingerprint density at radius 1 is 1.37 bits per heavy atom. The van der Waals surface area contributed by atoms with Crippen LogP contribution in [0.25, 0.3) is 0 Å². The van der Waals surface area contributed by atoms with Gasteiger partial charge >= 0.3 is 0 Å². The highest BCUT2D eigenvalue weighted by atomic mass is 79.9. The first-order valence-corrected chi connectivity index (χ1v) is 7.58. The van der Waals surface area contributed by atoms with Gasteiger partial charge in [-0.2, -0.15) is 0 Å². The lowest BCUT2D eigenvalue weighted by Gasteiger charge is -2.19. The van der Waals surface area contributed by atoms with Gasteiger partial charge in [0.25, 0.3) is 0 Å². The number of halogens is 1. The molecule has 0 atom stereocenters. The molecule has 0 aliphatic rings. The molecule has 0 bridgehead atoms. The molecular formula is C15H25BrN2O. The number of nitrogens with zero attached hydrogens (tertiary/aromatic N) is 1. The Morgan fingerprint density at radius 2 is 2.05 bits per heavy atom. The summed E-state index contributed by atoms with van der Waals surface area (Å²) < 4.78 is 6.81. The zero-order valence-electron chi connectivity index (χ0n) is 12.6. The lowest BCUT2D eigenvalue weighted by molar-refractivity contribution is 0.234. The number of hydrogen-bond donors (Lipinski definition) is 1. The summed E-state index contributed by atoms with van der Waals surface area (Å²) in [5.74, 6) is 0.737. The van der Waals surface area contributed by atoms with Gasteiger partial charge in [0.1, 0.15) is 0 Å². The molecule has 1 aromatic rings. The van der Waals surface area contributed by atoms with Crippen LogP contribution in [0.4, 0.5) is 0 Å². The van der Waals surface area contributed by atoms with Crippen LogP contribution in [-0.4, -0.2) is 17.6 Å². The maximum Gasteiger partial charge on any atom is 0.217 e. The van der Waals surface area contributed by atoms with Crippen molar-refractivity contribution in [3.8, 4) is 5.88 Å². The second-order valence-electron chi connectivity index (χ2n) is 6.31. The van der Waals surface area contributed by atoms with Gasteiger partial charge in [-0.25, -0.2) is 4.98 Å². The van der Waals surface area contributed by atoms with Gasteiger partial charge in [0.05, 0.1) is 6.61 Å². The first-order chi connectivity index (χ1) is 8.78. The van der Waals surface area contributed by atoms with Gasteiger partial charge in [0.15, 0.2) is 0 Å². The quantitative estimate of drug-likeness (QED) is 0.851. The molecule has 0 amide bonds. The van der Waals surface area contributed by atoms with Crippen LogP contribution in [0.1, 0.15) is 46.6 Å². The lowest BCUT2D eigenvalue weighted by atomic mass is 9.93. The standard InChI is InChI=1S/C15H25BrN2O/c1-11(2)17-9-12-8-13(16)10-18-14(12)19-7-6-15(3,4)5/h8,10-11,17H,6-7,9H2,1-5H3. The highest BCUT2D eigenvalue weighted by Gasteiger charge is 2.12. The predicted molar refractivity (Wildman–Crippen MR) is 83.5 cm³/mol. The van der Waals surface area contributed by atoms with E-state index in [0.717, 1.165) is 28.9 Å². The summed E-state index contributed by atoms with van der Waals surface area (Å²) >= 11 is 3.46. The fraction of sp³-hybridized carbons (Fsp3) is 0.667. The molecule has 0 spiro atoms. The summed E-state index contributed by atoms with van der Waals surface area (Å²) in [7, 11) is 0. The highest BCUT2D eigenvalue weighted by Crippen LogP contribution is 2.22. The molecule has 0 aromatic carbocycles. The molecule has 1 rings (SSSR count). The number of aromatic nitrogens is 1. The fourth-order valence-corrected chi connectivity index (χ4v) is 1.87. The summed E-state index contributed by atoms with van der Waals surface area (Å²) in [5.41, 5.74) is 1.38. The molecule has 0 aliphatic heterocycles. The second kappa shape index (κ2) is 7.25. The third-order valence-corrected chi connectivity index (χ3v) is 3.12. The van der Waals surface area contributed by atoms with Crippen molar-refractivity contribution in [3.05, 3.63) is 22.3 Å². The van der Waals surface area contributed by atoms with E-state index in [1.807, 2.05) is 0 Å². The third kappa shape index (κ3) is 6.92. The smallest absolute Gasteiger partial charge is 0.217 e. The minimum atomic E-state index is 0.283. The first-order valence-electron chi connectivity index (χ1n) is 6.78. The molecule has 4 heteroatoms. The van der Waals surface area contributed by atoms with Crippen LogP contribution in [0.3, 0.4) is 0 Å². The molecule has 108 valence electrons. The van der Waals surface area contributed by atoms with E-state index in [2.05, 4.69) is 66.9 Å². The molecule has 0 radical (unpaired) electrons. The van der Waals surface area contributed by atoms with E-state index >= 15 is 0 Å². The molecule has 1 aromatic heterocycles. The monoisotopic (exact) mass is 328 g/mol. The van der Waals surface area contributed by atoms with Crippen molar-refractivity contribution in [2.24, 2.45) is 5.41 Å². The predicted octanol–water partition coefficient (Wildman–Crippen LogP) is 4.16. The van der Waals surface area contributed by atoms with Crippen LogP contribution in [0.15, 0.2) is 16.7 Å². The molecule has 0 unspecified atom stereocenters. The van der Waals surface area contributed by atoms with Gasteiger partial charge in [-0.3, -0.25) is 0 Å². The zero-order chi connectivity index (χ0) is 14.5. The number of hydrogen-bond acceptors (Lipinski definition) is 3. The van der Waals surface area contributed by atoms with E-state index < -0.39 is 0 Å². The van der Waals surface area contributed by atoms with Gasteiger partial charge in [-0.05, 0) is 33.8 Å². The molecule has 19 heavy (non-hydrogen) atoms. The summed E-state index contributed by atoms with van der Waals surface area (Å²) in [6.45, 7) is 12.4. The Labute approximate surface area is 125 Å². The van der Waals surface area contributed by atoms with Crippen LogP contribution in [0, 0.1) is 5.41 Å². The topological polar surface area (TPSA) is 34.2 Å². The van der Waals surface area contributed by atoms with E-state index in [4.69, 9.17) is 4.74 Å². The molecule has 0 fully saturated rings. The van der Waals surface area contributed by atoms with Gasteiger partial charge in [0.2, 0.25) is 5.88 Å². The molecule has 0 saturated heterocycles. The van der Waals surface area contributed by atoms with Gasteiger partial charge in [0, 0.05) is 28.8 Å². The molecule has 0 saturated carbocycles. The van der Waals surface area contributed by atoms with Crippen LogP contribution in [0.5, 0.6) is 5.88 Å². The maximum absolute atomic E-state index is 5.83. The van der Waals surface area contributed by atoms with Crippen molar-refractivity contribution in [2.75, 3.05) is 6.61 Å². The maximum atomic E-state index is 5.83. The largest absolute Gasteiger partial charge is 0.477 e. The summed E-state index contributed by atoms with van der Waals surface area (Å²) in [6.07, 6.45) is 2.80. The van der Waals surface area contributed by atoms with E-state index in [9.17, 15) is 0 Å².